The molecule has 0 saturated heterocycles. The van der Waals surface area contributed by atoms with Crippen molar-refractivity contribution in [3.63, 3.8) is 0 Å². The smallest absolute Gasteiger partial charge is 0.0704 e. The highest BCUT2D eigenvalue weighted by atomic mass is 35.5. The second-order valence-electron chi connectivity index (χ2n) is 4.83. The van der Waals surface area contributed by atoms with E-state index in [2.05, 4.69) is 43.1 Å². The molecule has 0 amide bonds. The summed E-state index contributed by atoms with van der Waals surface area (Å²) in [4.78, 5) is 4.37. The zero-order valence-corrected chi connectivity index (χ0v) is 11.1. The Labute approximate surface area is 108 Å². The maximum Gasteiger partial charge on any atom is 0.0704 e. The van der Waals surface area contributed by atoms with Crippen LogP contribution in [0, 0.1) is 5.92 Å². The average molecular weight is 248 g/mol. The van der Waals surface area contributed by atoms with E-state index in [0.717, 1.165) is 18.4 Å². The highest BCUT2D eigenvalue weighted by Gasteiger charge is 2.09. The Kier molecular flexibility index (Phi) is 4.01. The fourth-order valence-electron chi connectivity index (χ4n) is 1.91. The van der Waals surface area contributed by atoms with Crippen LogP contribution in [0.3, 0.4) is 0 Å². The Bertz CT molecular complexity index is 493. The molecule has 2 heteroatoms. The lowest BCUT2D eigenvalue weighted by Crippen LogP contribution is -2.08. The van der Waals surface area contributed by atoms with Crippen molar-refractivity contribution in [2.75, 3.05) is 0 Å². The summed E-state index contributed by atoms with van der Waals surface area (Å²) in [6.07, 6.45) is 3.89. The van der Waals surface area contributed by atoms with E-state index in [1.807, 2.05) is 12.3 Å². The lowest BCUT2D eigenvalue weighted by molar-refractivity contribution is 0.565. The quantitative estimate of drug-likeness (QED) is 0.729. The monoisotopic (exact) mass is 247 g/mol. The lowest BCUT2D eigenvalue weighted by Gasteiger charge is -2.12. The predicted octanol–water partition coefficient (Wildman–Crippen LogP) is 4.43. The summed E-state index contributed by atoms with van der Waals surface area (Å²) in [5.41, 5.74) is 2.39. The first-order valence-corrected chi connectivity index (χ1v) is 6.58. The standard InChI is InChI=1S/C15H18ClN/c1-11(2)14(16)8-6-12-5-7-13-4-3-9-17-15(13)10-12/h3-5,7,9-11,14H,6,8H2,1-2H3. The topological polar surface area (TPSA) is 12.9 Å². The van der Waals surface area contributed by atoms with E-state index >= 15 is 0 Å². The number of halogens is 1. The zero-order valence-electron chi connectivity index (χ0n) is 10.4. The Hall–Kier alpha value is -1.08. The van der Waals surface area contributed by atoms with E-state index in [9.17, 15) is 0 Å². The summed E-state index contributed by atoms with van der Waals surface area (Å²) in [6.45, 7) is 4.33. The zero-order chi connectivity index (χ0) is 12.3. The van der Waals surface area contributed by atoms with Crippen LogP contribution in [-0.2, 0) is 6.42 Å². The Morgan fingerprint density at radius 1 is 1.24 bits per heavy atom. The van der Waals surface area contributed by atoms with Gasteiger partial charge in [0, 0.05) is 17.0 Å². The Morgan fingerprint density at radius 3 is 2.82 bits per heavy atom. The molecule has 1 nitrogen and oxygen atoms in total. The van der Waals surface area contributed by atoms with Crippen molar-refractivity contribution >= 4 is 22.5 Å². The third kappa shape index (κ3) is 3.19. The maximum absolute atomic E-state index is 6.27. The highest BCUT2D eigenvalue weighted by Crippen LogP contribution is 2.19. The van der Waals surface area contributed by atoms with Gasteiger partial charge in [0.15, 0.2) is 0 Å². The predicted molar refractivity (Wildman–Crippen MR) is 74.5 cm³/mol. The van der Waals surface area contributed by atoms with Crippen LogP contribution in [0.2, 0.25) is 0 Å². The van der Waals surface area contributed by atoms with Crippen LogP contribution in [0.15, 0.2) is 36.5 Å². The molecule has 2 aromatic rings. The minimum atomic E-state index is 0.259. The fraction of sp³-hybridized carbons (Fsp3) is 0.400. The summed E-state index contributed by atoms with van der Waals surface area (Å²) in [6, 6.07) is 10.5. The van der Waals surface area contributed by atoms with E-state index in [1.54, 1.807) is 0 Å². The van der Waals surface area contributed by atoms with E-state index in [0.29, 0.717) is 5.92 Å². The first kappa shape index (κ1) is 12.4. The van der Waals surface area contributed by atoms with Gasteiger partial charge < -0.3 is 0 Å². The minimum Gasteiger partial charge on any atom is -0.256 e. The van der Waals surface area contributed by atoms with Gasteiger partial charge in [-0.3, -0.25) is 4.98 Å². The summed E-state index contributed by atoms with van der Waals surface area (Å²) >= 11 is 6.27. The molecule has 1 aromatic carbocycles. The molecular formula is C15H18ClN. The molecule has 0 aliphatic heterocycles. The lowest BCUT2D eigenvalue weighted by atomic mass is 10.0. The molecule has 90 valence electrons. The molecule has 2 rings (SSSR count). The van der Waals surface area contributed by atoms with Gasteiger partial charge in [-0.15, -0.1) is 11.6 Å². The molecule has 0 aliphatic rings. The van der Waals surface area contributed by atoms with Crippen molar-refractivity contribution in [2.24, 2.45) is 5.92 Å². The fourth-order valence-corrected chi connectivity index (χ4v) is 2.01. The van der Waals surface area contributed by atoms with Gasteiger partial charge in [0.05, 0.1) is 5.52 Å². The van der Waals surface area contributed by atoms with Crippen molar-refractivity contribution in [3.05, 3.63) is 42.1 Å². The van der Waals surface area contributed by atoms with E-state index in [1.165, 1.54) is 10.9 Å². The summed E-state index contributed by atoms with van der Waals surface area (Å²) in [5.74, 6) is 0.537. The molecule has 0 fully saturated rings. The molecule has 1 atom stereocenters. The first-order valence-electron chi connectivity index (χ1n) is 6.14. The molecule has 0 N–H and O–H groups in total. The number of hydrogen-bond acceptors (Lipinski definition) is 1. The van der Waals surface area contributed by atoms with Gasteiger partial charge in [-0.2, -0.15) is 0 Å². The molecule has 0 saturated carbocycles. The number of fused-ring (bicyclic) bond motifs is 1. The molecule has 1 aromatic heterocycles. The SMILES string of the molecule is CC(C)C(Cl)CCc1ccc2cccnc2c1. The number of hydrogen-bond donors (Lipinski definition) is 0. The van der Waals surface area contributed by atoms with Crippen LogP contribution in [-0.4, -0.2) is 10.4 Å². The highest BCUT2D eigenvalue weighted by molar-refractivity contribution is 6.20. The normalized spacial score (nSPS) is 13.2. The number of nitrogens with zero attached hydrogens (tertiary/aromatic N) is 1. The van der Waals surface area contributed by atoms with Crippen LogP contribution < -0.4 is 0 Å². The van der Waals surface area contributed by atoms with E-state index in [-0.39, 0.29) is 5.38 Å². The first-order chi connectivity index (χ1) is 8.16. The number of aryl methyl sites for hydroxylation is 1. The van der Waals surface area contributed by atoms with Crippen LogP contribution in [0.25, 0.3) is 10.9 Å². The molecular weight excluding hydrogens is 230 g/mol. The van der Waals surface area contributed by atoms with Gasteiger partial charge in [0.25, 0.3) is 0 Å². The van der Waals surface area contributed by atoms with Crippen LogP contribution in [0.1, 0.15) is 25.8 Å². The van der Waals surface area contributed by atoms with Gasteiger partial charge in [0.1, 0.15) is 0 Å². The summed E-state index contributed by atoms with van der Waals surface area (Å²) in [7, 11) is 0. The largest absolute Gasteiger partial charge is 0.256 e. The van der Waals surface area contributed by atoms with Crippen molar-refractivity contribution in [1.29, 1.82) is 0 Å². The second-order valence-corrected chi connectivity index (χ2v) is 5.39. The van der Waals surface area contributed by atoms with Crippen LogP contribution >= 0.6 is 11.6 Å². The van der Waals surface area contributed by atoms with Crippen molar-refractivity contribution in [2.45, 2.75) is 32.1 Å². The van der Waals surface area contributed by atoms with Crippen molar-refractivity contribution in [1.82, 2.24) is 4.98 Å². The van der Waals surface area contributed by atoms with Crippen LogP contribution in [0.5, 0.6) is 0 Å². The third-order valence-corrected chi connectivity index (χ3v) is 3.82. The molecule has 17 heavy (non-hydrogen) atoms. The van der Waals surface area contributed by atoms with E-state index in [4.69, 9.17) is 11.6 Å². The van der Waals surface area contributed by atoms with Gasteiger partial charge in [-0.25, -0.2) is 0 Å². The third-order valence-electron chi connectivity index (χ3n) is 3.10. The van der Waals surface area contributed by atoms with Crippen molar-refractivity contribution in [3.8, 4) is 0 Å². The molecule has 0 radical (unpaired) electrons. The molecule has 0 bridgehead atoms. The van der Waals surface area contributed by atoms with Gasteiger partial charge in [-0.1, -0.05) is 32.0 Å². The van der Waals surface area contributed by atoms with E-state index < -0.39 is 0 Å². The van der Waals surface area contributed by atoms with Gasteiger partial charge in [0.2, 0.25) is 0 Å². The maximum atomic E-state index is 6.27. The number of rotatable bonds is 4. The van der Waals surface area contributed by atoms with Gasteiger partial charge in [-0.05, 0) is 36.5 Å². The number of aromatic nitrogens is 1. The molecule has 1 heterocycles. The minimum absolute atomic E-state index is 0.259. The molecule has 1 unspecified atom stereocenters. The second kappa shape index (κ2) is 5.50. The van der Waals surface area contributed by atoms with Gasteiger partial charge >= 0.3 is 0 Å². The summed E-state index contributed by atoms with van der Waals surface area (Å²) in [5, 5.41) is 1.46. The van der Waals surface area contributed by atoms with Crippen molar-refractivity contribution < 1.29 is 0 Å². The Balaban J connectivity index is 2.09. The number of pyridine rings is 1. The average Bonchev–Trinajstić information content (AvgIpc) is 2.35. The molecule has 0 spiro atoms. The van der Waals surface area contributed by atoms with Crippen LogP contribution in [0.4, 0.5) is 0 Å². The number of alkyl halides is 1. The molecule has 0 aliphatic carbocycles. The summed E-state index contributed by atoms with van der Waals surface area (Å²) < 4.78 is 0. The Morgan fingerprint density at radius 2 is 2.06 bits per heavy atom. The number of benzene rings is 1.